The molecule has 0 saturated heterocycles. The number of nitrogens with one attached hydrogen (secondary N) is 1. The quantitative estimate of drug-likeness (QED) is 0.633. The van der Waals surface area contributed by atoms with Gasteiger partial charge in [-0.05, 0) is 30.2 Å². The Morgan fingerprint density at radius 3 is 3.00 bits per heavy atom. The molecule has 1 aromatic heterocycles. The van der Waals surface area contributed by atoms with Crippen LogP contribution >= 0.6 is 23.4 Å². The van der Waals surface area contributed by atoms with E-state index in [-0.39, 0.29) is 11.7 Å². The van der Waals surface area contributed by atoms with Gasteiger partial charge in [0.25, 0.3) is 5.22 Å². The lowest BCUT2D eigenvalue weighted by Crippen LogP contribution is -2.27. The minimum Gasteiger partial charge on any atom is -0.496 e. The van der Waals surface area contributed by atoms with Crippen molar-refractivity contribution in [3.63, 3.8) is 0 Å². The van der Waals surface area contributed by atoms with Gasteiger partial charge in [0.2, 0.25) is 5.91 Å². The van der Waals surface area contributed by atoms with E-state index in [1.807, 2.05) is 24.3 Å². The summed E-state index contributed by atoms with van der Waals surface area (Å²) in [4.78, 5) is 16.3. The Hall–Kier alpha value is -2.18. The van der Waals surface area contributed by atoms with Crippen LogP contribution in [-0.2, 0) is 11.2 Å². The Kier molecular flexibility index (Phi) is 5.83. The number of ether oxygens (including phenoxy) is 1. The van der Waals surface area contributed by atoms with Gasteiger partial charge in [0.1, 0.15) is 11.3 Å². The standard InChI is InChI=1S/C18H17ClN2O3S/c1-23-15-5-3-2-4-12(15)8-9-20-17(22)11-25-18-21-14-7-6-13(19)10-16(14)24-18/h2-7,10H,8-9,11H2,1H3,(H,20,22). The molecule has 1 heterocycles. The van der Waals surface area contributed by atoms with Crippen molar-refractivity contribution < 1.29 is 13.9 Å². The largest absolute Gasteiger partial charge is 0.496 e. The number of nitrogens with zero attached hydrogens (tertiary/aromatic N) is 1. The van der Waals surface area contributed by atoms with Gasteiger partial charge < -0.3 is 14.5 Å². The predicted octanol–water partition coefficient (Wildman–Crippen LogP) is 3.94. The van der Waals surface area contributed by atoms with Gasteiger partial charge in [-0.25, -0.2) is 4.98 Å². The molecule has 0 unspecified atom stereocenters. The molecule has 0 atom stereocenters. The highest BCUT2D eigenvalue weighted by atomic mass is 35.5. The second-order valence-electron chi connectivity index (χ2n) is 5.29. The maximum atomic E-state index is 12.0. The molecule has 0 spiro atoms. The minimum atomic E-state index is -0.0693. The molecule has 5 nitrogen and oxygen atoms in total. The maximum absolute atomic E-state index is 12.0. The van der Waals surface area contributed by atoms with E-state index in [1.165, 1.54) is 11.8 Å². The lowest BCUT2D eigenvalue weighted by molar-refractivity contribution is -0.118. The predicted molar refractivity (Wildman–Crippen MR) is 99.5 cm³/mol. The number of hydrogen-bond acceptors (Lipinski definition) is 5. The van der Waals surface area contributed by atoms with E-state index in [1.54, 1.807) is 25.3 Å². The van der Waals surface area contributed by atoms with Crippen molar-refractivity contribution in [2.24, 2.45) is 0 Å². The third-order valence-electron chi connectivity index (χ3n) is 3.57. The van der Waals surface area contributed by atoms with Gasteiger partial charge in [0.05, 0.1) is 12.9 Å². The molecule has 1 N–H and O–H groups in total. The maximum Gasteiger partial charge on any atom is 0.257 e. The third-order valence-corrected chi connectivity index (χ3v) is 4.63. The first kappa shape index (κ1) is 17.6. The summed E-state index contributed by atoms with van der Waals surface area (Å²) in [5, 5.41) is 3.94. The van der Waals surface area contributed by atoms with Gasteiger partial charge in [-0.15, -0.1) is 0 Å². The average Bonchev–Trinajstić information content (AvgIpc) is 3.02. The van der Waals surface area contributed by atoms with Crippen molar-refractivity contribution in [2.75, 3.05) is 19.4 Å². The molecule has 7 heteroatoms. The van der Waals surface area contributed by atoms with Crippen LogP contribution in [-0.4, -0.2) is 30.3 Å². The van der Waals surface area contributed by atoms with E-state index < -0.39 is 0 Å². The van der Waals surface area contributed by atoms with E-state index in [0.29, 0.717) is 28.8 Å². The number of fused-ring (bicyclic) bond motifs is 1. The first-order chi connectivity index (χ1) is 12.2. The van der Waals surface area contributed by atoms with E-state index in [9.17, 15) is 4.79 Å². The molecule has 25 heavy (non-hydrogen) atoms. The fraction of sp³-hybridized carbons (Fsp3) is 0.222. The van der Waals surface area contributed by atoms with Crippen LogP contribution in [0.15, 0.2) is 52.1 Å². The van der Waals surface area contributed by atoms with Crippen LogP contribution in [0.2, 0.25) is 5.02 Å². The summed E-state index contributed by atoms with van der Waals surface area (Å²) >= 11 is 7.17. The van der Waals surface area contributed by atoms with Crippen LogP contribution in [0.1, 0.15) is 5.56 Å². The molecule has 0 aliphatic heterocycles. The van der Waals surface area contributed by atoms with Gasteiger partial charge in [-0.2, -0.15) is 0 Å². The van der Waals surface area contributed by atoms with Crippen LogP contribution in [0.3, 0.4) is 0 Å². The minimum absolute atomic E-state index is 0.0693. The first-order valence-electron chi connectivity index (χ1n) is 7.73. The Bertz CT molecular complexity index is 882. The lowest BCUT2D eigenvalue weighted by Gasteiger charge is -2.08. The smallest absolute Gasteiger partial charge is 0.257 e. The Labute approximate surface area is 154 Å². The summed E-state index contributed by atoms with van der Waals surface area (Å²) < 4.78 is 10.9. The highest BCUT2D eigenvalue weighted by Gasteiger charge is 2.10. The number of para-hydroxylation sites is 1. The van der Waals surface area contributed by atoms with E-state index in [0.717, 1.165) is 16.8 Å². The molecule has 0 bridgehead atoms. The van der Waals surface area contributed by atoms with Crippen LogP contribution < -0.4 is 10.1 Å². The molecule has 2 aromatic carbocycles. The second-order valence-corrected chi connectivity index (χ2v) is 6.66. The monoisotopic (exact) mass is 376 g/mol. The number of carbonyl (C=O) groups is 1. The average molecular weight is 377 g/mol. The number of thioether (sulfide) groups is 1. The SMILES string of the molecule is COc1ccccc1CCNC(=O)CSc1nc2ccc(Cl)cc2o1. The van der Waals surface area contributed by atoms with Crippen molar-refractivity contribution >= 4 is 40.4 Å². The van der Waals surface area contributed by atoms with Gasteiger partial charge in [0, 0.05) is 17.6 Å². The molecular formula is C18H17ClN2O3S. The molecular weight excluding hydrogens is 360 g/mol. The number of hydrogen-bond donors (Lipinski definition) is 1. The molecule has 130 valence electrons. The zero-order chi connectivity index (χ0) is 17.6. The Morgan fingerprint density at radius 1 is 1.32 bits per heavy atom. The summed E-state index contributed by atoms with van der Waals surface area (Å²) in [6.45, 7) is 0.545. The lowest BCUT2D eigenvalue weighted by atomic mass is 10.1. The fourth-order valence-electron chi connectivity index (χ4n) is 2.36. The summed E-state index contributed by atoms with van der Waals surface area (Å²) in [7, 11) is 1.64. The van der Waals surface area contributed by atoms with E-state index >= 15 is 0 Å². The molecule has 3 rings (SSSR count). The van der Waals surface area contributed by atoms with Gasteiger partial charge in [-0.3, -0.25) is 4.79 Å². The normalized spacial score (nSPS) is 10.8. The van der Waals surface area contributed by atoms with Crippen molar-refractivity contribution in [2.45, 2.75) is 11.6 Å². The highest BCUT2D eigenvalue weighted by Crippen LogP contribution is 2.25. The third kappa shape index (κ3) is 4.67. The summed E-state index contributed by atoms with van der Waals surface area (Å²) in [6, 6.07) is 13.0. The fourth-order valence-corrected chi connectivity index (χ4v) is 3.19. The summed E-state index contributed by atoms with van der Waals surface area (Å²) in [5.74, 6) is 1.00. The molecule has 0 saturated carbocycles. The highest BCUT2D eigenvalue weighted by molar-refractivity contribution is 7.99. The van der Waals surface area contributed by atoms with Gasteiger partial charge >= 0.3 is 0 Å². The van der Waals surface area contributed by atoms with Crippen LogP contribution in [0.5, 0.6) is 5.75 Å². The summed E-state index contributed by atoms with van der Waals surface area (Å²) in [5.41, 5.74) is 2.41. The van der Waals surface area contributed by atoms with E-state index in [4.69, 9.17) is 20.8 Å². The zero-order valence-electron chi connectivity index (χ0n) is 13.6. The summed E-state index contributed by atoms with van der Waals surface area (Å²) in [6.07, 6.45) is 0.710. The van der Waals surface area contributed by atoms with Crippen LogP contribution in [0, 0.1) is 0 Å². The molecule has 3 aromatic rings. The number of methoxy groups -OCH3 is 1. The van der Waals surface area contributed by atoms with Crippen molar-refractivity contribution in [1.29, 1.82) is 0 Å². The molecule has 0 aliphatic rings. The van der Waals surface area contributed by atoms with E-state index in [2.05, 4.69) is 10.3 Å². The molecule has 1 amide bonds. The topological polar surface area (TPSA) is 64.4 Å². The van der Waals surface area contributed by atoms with Crippen LogP contribution in [0.4, 0.5) is 0 Å². The second kappa shape index (κ2) is 8.27. The number of aromatic nitrogens is 1. The number of rotatable bonds is 7. The van der Waals surface area contributed by atoms with Gasteiger partial charge in [-0.1, -0.05) is 41.6 Å². The zero-order valence-corrected chi connectivity index (χ0v) is 15.2. The van der Waals surface area contributed by atoms with Crippen molar-refractivity contribution in [3.05, 3.63) is 53.1 Å². The number of oxazole rings is 1. The van der Waals surface area contributed by atoms with Crippen LogP contribution in [0.25, 0.3) is 11.1 Å². The number of carbonyl (C=O) groups excluding carboxylic acids is 1. The van der Waals surface area contributed by atoms with Crippen molar-refractivity contribution in [1.82, 2.24) is 10.3 Å². The number of benzene rings is 2. The van der Waals surface area contributed by atoms with Crippen molar-refractivity contribution in [3.8, 4) is 5.75 Å². The Morgan fingerprint density at radius 2 is 2.16 bits per heavy atom. The molecule has 0 fully saturated rings. The Balaban J connectivity index is 1.47. The van der Waals surface area contributed by atoms with Gasteiger partial charge in [0.15, 0.2) is 5.58 Å². The number of halogens is 1. The first-order valence-corrected chi connectivity index (χ1v) is 9.09. The molecule has 0 radical (unpaired) electrons. The molecule has 0 aliphatic carbocycles. The number of amides is 1.